The smallest absolute Gasteiger partial charge is 0.252 e. The van der Waals surface area contributed by atoms with Gasteiger partial charge in [0, 0.05) is 22.5 Å². The average Bonchev–Trinajstić information content (AvgIpc) is 2.24. The van der Waals surface area contributed by atoms with Crippen LogP contribution in [0.1, 0.15) is 23.7 Å². The van der Waals surface area contributed by atoms with Crippen LogP contribution >= 0.6 is 22.6 Å². The summed E-state index contributed by atoms with van der Waals surface area (Å²) in [6.07, 6.45) is 8.15. The number of hydrogen-bond donors (Lipinski definition) is 1. The van der Waals surface area contributed by atoms with Crippen LogP contribution in [-0.4, -0.2) is 17.4 Å². The van der Waals surface area contributed by atoms with Crippen LogP contribution in [0.15, 0.2) is 30.6 Å². The molecule has 3 nitrogen and oxygen atoms in total. The third-order valence-electron chi connectivity index (χ3n) is 1.80. The van der Waals surface area contributed by atoms with Crippen molar-refractivity contribution in [3.8, 4) is 0 Å². The van der Waals surface area contributed by atoms with Crippen LogP contribution in [0.25, 0.3) is 0 Å². The summed E-state index contributed by atoms with van der Waals surface area (Å²) in [7, 11) is 0. The lowest BCUT2D eigenvalue weighted by atomic mass is 10.2. The second-order valence-corrected chi connectivity index (χ2v) is 4.25. The molecule has 0 fully saturated rings. The number of aromatic nitrogens is 1. The molecule has 0 atom stereocenters. The van der Waals surface area contributed by atoms with E-state index in [4.69, 9.17) is 0 Å². The molecule has 0 aliphatic carbocycles. The minimum Gasteiger partial charge on any atom is -0.352 e. The lowest BCUT2D eigenvalue weighted by Crippen LogP contribution is -2.24. The highest BCUT2D eigenvalue weighted by Gasteiger charge is 2.04. The summed E-state index contributed by atoms with van der Waals surface area (Å²) < 4.78 is 0.966. The van der Waals surface area contributed by atoms with Gasteiger partial charge in [-0.3, -0.25) is 9.78 Å². The predicted molar refractivity (Wildman–Crippen MR) is 68.7 cm³/mol. The molecule has 15 heavy (non-hydrogen) atoms. The van der Waals surface area contributed by atoms with E-state index in [1.54, 1.807) is 12.4 Å². The first-order valence-electron chi connectivity index (χ1n) is 4.74. The van der Waals surface area contributed by atoms with Crippen molar-refractivity contribution in [2.24, 2.45) is 0 Å². The Morgan fingerprint density at radius 2 is 2.40 bits per heavy atom. The van der Waals surface area contributed by atoms with Crippen LogP contribution in [0, 0.1) is 3.57 Å². The lowest BCUT2D eigenvalue weighted by Gasteiger charge is -2.02. The van der Waals surface area contributed by atoms with Gasteiger partial charge in [-0.15, -0.1) is 0 Å². The molecule has 80 valence electrons. The number of amides is 1. The standard InChI is InChI=1S/C11H13IN2O/c1-2-3-4-5-14-11(15)9-6-10(12)8-13-7-9/h2-3,6-8H,4-5H2,1H3,(H,14,15)/b3-2+. The molecule has 1 rings (SSSR count). The van der Waals surface area contributed by atoms with Crippen molar-refractivity contribution < 1.29 is 4.79 Å². The van der Waals surface area contributed by atoms with Crippen LogP contribution < -0.4 is 5.32 Å². The van der Waals surface area contributed by atoms with Gasteiger partial charge in [0.05, 0.1) is 5.56 Å². The Morgan fingerprint density at radius 1 is 1.60 bits per heavy atom. The quantitative estimate of drug-likeness (QED) is 0.526. The van der Waals surface area contributed by atoms with Gasteiger partial charge in [0.15, 0.2) is 0 Å². The molecule has 1 aromatic rings. The van der Waals surface area contributed by atoms with E-state index >= 15 is 0 Å². The molecule has 0 bridgehead atoms. The second kappa shape index (κ2) is 6.55. The Kier molecular flexibility index (Phi) is 5.31. The van der Waals surface area contributed by atoms with Gasteiger partial charge in [-0.1, -0.05) is 12.2 Å². The number of nitrogens with zero attached hydrogens (tertiary/aromatic N) is 1. The van der Waals surface area contributed by atoms with Gasteiger partial charge in [-0.25, -0.2) is 0 Å². The topological polar surface area (TPSA) is 42.0 Å². The highest BCUT2D eigenvalue weighted by molar-refractivity contribution is 14.1. The maximum absolute atomic E-state index is 11.6. The van der Waals surface area contributed by atoms with Crippen molar-refractivity contribution in [3.05, 3.63) is 39.7 Å². The first-order chi connectivity index (χ1) is 7.24. The molecule has 4 heteroatoms. The minimum absolute atomic E-state index is 0.0643. The molecule has 0 aliphatic heterocycles. The molecule has 0 saturated carbocycles. The minimum atomic E-state index is -0.0643. The number of allylic oxidation sites excluding steroid dienone is 1. The Hall–Kier alpha value is -0.910. The summed E-state index contributed by atoms with van der Waals surface area (Å²) in [5, 5.41) is 2.83. The van der Waals surface area contributed by atoms with Gasteiger partial charge in [-0.05, 0) is 42.0 Å². The fraction of sp³-hybridized carbons (Fsp3) is 0.273. The lowest BCUT2D eigenvalue weighted by molar-refractivity contribution is 0.0954. The Morgan fingerprint density at radius 3 is 3.07 bits per heavy atom. The molecule has 0 aromatic carbocycles. The van der Waals surface area contributed by atoms with Crippen molar-refractivity contribution in [1.29, 1.82) is 0 Å². The monoisotopic (exact) mass is 316 g/mol. The third kappa shape index (κ3) is 4.42. The van der Waals surface area contributed by atoms with Crippen molar-refractivity contribution in [3.63, 3.8) is 0 Å². The average molecular weight is 316 g/mol. The van der Waals surface area contributed by atoms with Crippen molar-refractivity contribution >= 4 is 28.5 Å². The van der Waals surface area contributed by atoms with Crippen LogP contribution in [0.5, 0.6) is 0 Å². The summed E-state index contributed by atoms with van der Waals surface area (Å²) >= 11 is 2.14. The maximum Gasteiger partial charge on any atom is 0.252 e. The van der Waals surface area contributed by atoms with E-state index in [9.17, 15) is 4.79 Å². The number of pyridine rings is 1. The van der Waals surface area contributed by atoms with Gasteiger partial charge >= 0.3 is 0 Å². The second-order valence-electron chi connectivity index (χ2n) is 3.01. The van der Waals surface area contributed by atoms with Gasteiger partial charge < -0.3 is 5.32 Å². The molecule has 0 saturated heterocycles. The van der Waals surface area contributed by atoms with Crippen molar-refractivity contribution in [2.45, 2.75) is 13.3 Å². The summed E-state index contributed by atoms with van der Waals surface area (Å²) in [6, 6.07) is 1.82. The zero-order valence-corrected chi connectivity index (χ0v) is 10.7. The highest BCUT2D eigenvalue weighted by Crippen LogP contribution is 2.05. The normalized spacial score (nSPS) is 10.5. The molecule has 0 aliphatic rings. The maximum atomic E-state index is 11.6. The van der Waals surface area contributed by atoms with E-state index in [2.05, 4.69) is 32.9 Å². The molecule has 0 radical (unpaired) electrons. The molecule has 1 N–H and O–H groups in total. The van der Waals surface area contributed by atoms with Gasteiger partial charge in [0.2, 0.25) is 0 Å². The van der Waals surface area contributed by atoms with Crippen LogP contribution in [0.3, 0.4) is 0 Å². The number of carbonyl (C=O) groups excluding carboxylic acids is 1. The summed E-state index contributed by atoms with van der Waals surface area (Å²) in [4.78, 5) is 15.5. The van der Waals surface area contributed by atoms with Crippen LogP contribution in [0.4, 0.5) is 0 Å². The first-order valence-corrected chi connectivity index (χ1v) is 5.82. The van der Waals surface area contributed by atoms with E-state index in [1.807, 2.05) is 25.1 Å². The van der Waals surface area contributed by atoms with E-state index in [0.717, 1.165) is 9.99 Å². The van der Waals surface area contributed by atoms with E-state index < -0.39 is 0 Å². The molecule has 1 heterocycles. The zero-order chi connectivity index (χ0) is 11.1. The largest absolute Gasteiger partial charge is 0.352 e. The summed E-state index contributed by atoms with van der Waals surface area (Å²) in [5.74, 6) is -0.0643. The first kappa shape index (κ1) is 12.2. The number of rotatable bonds is 4. The number of carbonyl (C=O) groups is 1. The number of hydrogen-bond acceptors (Lipinski definition) is 2. The Balaban J connectivity index is 2.47. The third-order valence-corrected chi connectivity index (χ3v) is 2.39. The molecular formula is C11H13IN2O. The highest BCUT2D eigenvalue weighted by atomic mass is 127. The van der Waals surface area contributed by atoms with Crippen LogP contribution in [0.2, 0.25) is 0 Å². The zero-order valence-electron chi connectivity index (χ0n) is 8.53. The molecule has 0 spiro atoms. The fourth-order valence-electron chi connectivity index (χ4n) is 1.07. The Bertz CT molecular complexity index is 363. The van der Waals surface area contributed by atoms with E-state index in [-0.39, 0.29) is 5.91 Å². The molecule has 0 unspecified atom stereocenters. The van der Waals surface area contributed by atoms with Gasteiger partial charge in [0.25, 0.3) is 5.91 Å². The van der Waals surface area contributed by atoms with Crippen LogP contribution in [-0.2, 0) is 0 Å². The number of halogens is 1. The SMILES string of the molecule is C/C=C/CCNC(=O)c1cncc(I)c1. The number of nitrogens with one attached hydrogen (secondary N) is 1. The van der Waals surface area contributed by atoms with Crippen molar-refractivity contribution in [2.75, 3.05) is 6.54 Å². The molecule has 1 amide bonds. The molecule has 1 aromatic heterocycles. The van der Waals surface area contributed by atoms with Crippen molar-refractivity contribution in [1.82, 2.24) is 10.3 Å². The van der Waals surface area contributed by atoms with E-state index in [1.165, 1.54) is 0 Å². The predicted octanol–water partition coefficient (Wildman–Crippen LogP) is 2.38. The fourth-order valence-corrected chi connectivity index (χ4v) is 1.57. The van der Waals surface area contributed by atoms with Gasteiger partial charge in [0.1, 0.15) is 0 Å². The molecular weight excluding hydrogens is 303 g/mol. The van der Waals surface area contributed by atoms with E-state index in [0.29, 0.717) is 12.1 Å². The Labute approximate surface area is 103 Å². The van der Waals surface area contributed by atoms with Gasteiger partial charge in [-0.2, -0.15) is 0 Å². The summed E-state index contributed by atoms with van der Waals surface area (Å²) in [6.45, 7) is 2.62. The summed E-state index contributed by atoms with van der Waals surface area (Å²) in [5.41, 5.74) is 0.613.